The van der Waals surface area contributed by atoms with Gasteiger partial charge >= 0.3 is 5.97 Å². The van der Waals surface area contributed by atoms with Crippen molar-refractivity contribution in [3.05, 3.63) is 23.8 Å². The lowest BCUT2D eigenvalue weighted by Gasteiger charge is -2.46. The minimum atomic E-state index is -2.02. The van der Waals surface area contributed by atoms with Gasteiger partial charge in [-0.3, -0.25) is 4.79 Å². The summed E-state index contributed by atoms with van der Waals surface area (Å²) in [6, 6.07) is 0. The van der Waals surface area contributed by atoms with Crippen LogP contribution < -0.4 is 0 Å². The van der Waals surface area contributed by atoms with Gasteiger partial charge in [-0.05, 0) is 32.0 Å². The molecule has 0 bridgehead atoms. The summed E-state index contributed by atoms with van der Waals surface area (Å²) in [5.41, 5.74) is 0.0874. The predicted octanol–water partition coefficient (Wildman–Crippen LogP) is 3.98. The van der Waals surface area contributed by atoms with Gasteiger partial charge in [0, 0.05) is 0 Å². The summed E-state index contributed by atoms with van der Waals surface area (Å²) in [5, 5.41) is 9.56. The van der Waals surface area contributed by atoms with Gasteiger partial charge in [-0.25, -0.2) is 0 Å². The van der Waals surface area contributed by atoms with Crippen LogP contribution in [0.1, 0.15) is 34.6 Å². The zero-order chi connectivity index (χ0) is 15.1. The van der Waals surface area contributed by atoms with Gasteiger partial charge in [0.25, 0.3) is 0 Å². The normalized spacial score (nSPS) is 28.2. The molecular weight excluding hydrogens is 256 g/mol. The van der Waals surface area contributed by atoms with Gasteiger partial charge in [-0.2, -0.15) is 0 Å². The molecule has 0 radical (unpaired) electrons. The number of carbonyl (C=O) groups is 1. The van der Waals surface area contributed by atoms with E-state index in [-0.39, 0.29) is 5.04 Å². The van der Waals surface area contributed by atoms with E-state index in [2.05, 4.69) is 33.9 Å². The van der Waals surface area contributed by atoms with Gasteiger partial charge in [0.05, 0.1) is 5.60 Å². The van der Waals surface area contributed by atoms with Gasteiger partial charge < -0.3 is 9.53 Å². The Kier molecular flexibility index (Phi) is 4.18. The fraction of sp³-hybridized carbons (Fsp3) is 0.667. The van der Waals surface area contributed by atoms with Crippen molar-refractivity contribution in [2.24, 2.45) is 5.92 Å². The average Bonchev–Trinajstić information content (AvgIpc) is 2.12. The Morgan fingerprint density at radius 3 is 2.37 bits per heavy atom. The monoisotopic (exact) mass is 282 g/mol. The number of hydrogen-bond acceptors (Lipinski definition) is 2. The highest BCUT2D eigenvalue weighted by atomic mass is 28.4. The maximum atomic E-state index is 11.6. The third-order valence-corrected chi connectivity index (χ3v) is 8.91. The molecule has 0 fully saturated rings. The summed E-state index contributed by atoms with van der Waals surface area (Å²) < 4.78 is 6.41. The topological polar surface area (TPSA) is 46.5 Å². The van der Waals surface area contributed by atoms with Crippen molar-refractivity contribution in [2.75, 3.05) is 0 Å². The SMILES string of the molecule is CC1=CC=CC(C)(O[Si](C)(C)C(C)(C)C)C1C(=O)O. The molecule has 1 aliphatic carbocycles. The van der Waals surface area contributed by atoms with Gasteiger partial charge in [-0.15, -0.1) is 0 Å². The minimum Gasteiger partial charge on any atom is -0.481 e. The molecule has 19 heavy (non-hydrogen) atoms. The Hall–Kier alpha value is -0.873. The van der Waals surface area contributed by atoms with Crippen molar-refractivity contribution in [3.63, 3.8) is 0 Å². The molecule has 2 unspecified atom stereocenters. The highest BCUT2D eigenvalue weighted by Gasteiger charge is 2.48. The first-order valence-corrected chi connectivity index (χ1v) is 9.60. The maximum absolute atomic E-state index is 11.6. The number of carboxylic acid groups (broad SMARTS) is 1. The Morgan fingerprint density at radius 1 is 1.42 bits per heavy atom. The number of aliphatic carboxylic acids is 1. The summed E-state index contributed by atoms with van der Waals surface area (Å²) in [7, 11) is -2.02. The van der Waals surface area contributed by atoms with E-state index in [9.17, 15) is 9.90 Å². The van der Waals surface area contributed by atoms with Crippen molar-refractivity contribution < 1.29 is 14.3 Å². The largest absolute Gasteiger partial charge is 0.481 e. The van der Waals surface area contributed by atoms with Gasteiger partial charge in [0.1, 0.15) is 5.92 Å². The molecule has 0 saturated heterocycles. The quantitative estimate of drug-likeness (QED) is 0.796. The Morgan fingerprint density at radius 2 is 1.95 bits per heavy atom. The Balaban J connectivity index is 3.13. The van der Waals surface area contributed by atoms with E-state index in [0.717, 1.165) is 5.57 Å². The molecule has 0 aromatic heterocycles. The smallest absolute Gasteiger partial charge is 0.313 e. The van der Waals surface area contributed by atoms with Crippen LogP contribution in [0.25, 0.3) is 0 Å². The number of allylic oxidation sites excluding steroid dienone is 2. The molecule has 2 atom stereocenters. The minimum absolute atomic E-state index is 0.0575. The fourth-order valence-electron chi connectivity index (χ4n) is 2.27. The van der Waals surface area contributed by atoms with Crippen LogP contribution in [0.2, 0.25) is 18.1 Å². The third-order valence-electron chi connectivity index (χ3n) is 4.34. The summed E-state index contributed by atoms with van der Waals surface area (Å²) in [6.45, 7) is 14.5. The molecule has 0 spiro atoms. The van der Waals surface area contributed by atoms with E-state index in [1.54, 1.807) is 0 Å². The first kappa shape index (κ1) is 16.2. The zero-order valence-corrected chi connectivity index (χ0v) is 14.1. The average molecular weight is 282 g/mol. The molecule has 1 rings (SSSR count). The van der Waals surface area contributed by atoms with E-state index < -0.39 is 25.8 Å². The van der Waals surface area contributed by atoms with Crippen LogP contribution in [0.3, 0.4) is 0 Å². The lowest BCUT2D eigenvalue weighted by Crippen LogP contribution is -2.53. The molecule has 1 N–H and O–H groups in total. The van der Waals surface area contributed by atoms with E-state index in [0.29, 0.717) is 0 Å². The summed E-state index contributed by atoms with van der Waals surface area (Å²) in [5.74, 6) is -1.43. The van der Waals surface area contributed by atoms with Crippen molar-refractivity contribution in [3.8, 4) is 0 Å². The third kappa shape index (κ3) is 3.18. The molecule has 3 nitrogen and oxygen atoms in total. The maximum Gasteiger partial charge on any atom is 0.313 e. The Bertz CT molecular complexity index is 429. The van der Waals surface area contributed by atoms with Crippen LogP contribution >= 0.6 is 0 Å². The molecule has 0 aromatic carbocycles. The van der Waals surface area contributed by atoms with Crippen molar-refractivity contribution in [1.82, 2.24) is 0 Å². The molecule has 0 amide bonds. The van der Waals surface area contributed by atoms with Gasteiger partial charge in [0.2, 0.25) is 0 Å². The van der Waals surface area contributed by atoms with E-state index in [4.69, 9.17) is 4.43 Å². The second-order valence-corrected chi connectivity index (χ2v) is 11.8. The van der Waals surface area contributed by atoms with Crippen LogP contribution in [0.5, 0.6) is 0 Å². The molecular formula is C15H26O3Si. The Labute approximate surface area is 117 Å². The second-order valence-electron chi connectivity index (χ2n) is 7.09. The molecule has 0 saturated carbocycles. The van der Waals surface area contributed by atoms with Crippen LogP contribution in [-0.4, -0.2) is 25.0 Å². The van der Waals surface area contributed by atoms with Gasteiger partial charge in [-0.1, -0.05) is 44.6 Å². The first-order valence-electron chi connectivity index (χ1n) is 6.70. The number of carboxylic acids is 1. The van der Waals surface area contributed by atoms with Crippen molar-refractivity contribution in [1.29, 1.82) is 0 Å². The van der Waals surface area contributed by atoms with Gasteiger partial charge in [0.15, 0.2) is 8.32 Å². The summed E-state index contributed by atoms with van der Waals surface area (Å²) >= 11 is 0. The zero-order valence-electron chi connectivity index (χ0n) is 13.1. The second kappa shape index (κ2) is 4.91. The lowest BCUT2D eigenvalue weighted by molar-refractivity contribution is -0.145. The van der Waals surface area contributed by atoms with Crippen LogP contribution in [0.4, 0.5) is 0 Å². The molecule has 0 heterocycles. The predicted molar refractivity (Wildman–Crippen MR) is 80.7 cm³/mol. The van der Waals surface area contributed by atoms with Crippen LogP contribution in [-0.2, 0) is 9.22 Å². The number of rotatable bonds is 3. The molecule has 4 heteroatoms. The molecule has 0 aromatic rings. The molecule has 1 aliphatic rings. The van der Waals surface area contributed by atoms with Crippen LogP contribution in [0.15, 0.2) is 23.8 Å². The van der Waals surface area contributed by atoms with E-state index >= 15 is 0 Å². The first-order chi connectivity index (χ1) is 8.41. The van der Waals surface area contributed by atoms with Crippen molar-refractivity contribution in [2.45, 2.75) is 58.4 Å². The molecule has 0 aliphatic heterocycles. The highest BCUT2D eigenvalue weighted by Crippen LogP contribution is 2.43. The highest BCUT2D eigenvalue weighted by molar-refractivity contribution is 6.74. The van der Waals surface area contributed by atoms with Crippen molar-refractivity contribution >= 4 is 14.3 Å². The van der Waals surface area contributed by atoms with Crippen LogP contribution in [0, 0.1) is 5.92 Å². The summed E-state index contributed by atoms with van der Waals surface area (Å²) in [4.78, 5) is 11.6. The summed E-state index contributed by atoms with van der Waals surface area (Å²) in [6.07, 6.45) is 5.65. The van der Waals surface area contributed by atoms with E-state index in [1.165, 1.54) is 0 Å². The number of hydrogen-bond donors (Lipinski definition) is 1. The fourth-order valence-corrected chi connectivity index (χ4v) is 3.86. The van der Waals surface area contributed by atoms with E-state index in [1.807, 2.05) is 32.1 Å². The molecule has 108 valence electrons. The lowest BCUT2D eigenvalue weighted by atomic mass is 9.80. The standard InChI is InChI=1S/C15H26O3Si/c1-11-9-8-10-15(5,12(11)13(16)17)18-19(6,7)14(2,3)4/h8-10,12H,1-7H3,(H,16,17).